The van der Waals surface area contributed by atoms with Crippen molar-refractivity contribution < 1.29 is 28.6 Å². The number of carbonyl (C=O) groups excluding carboxylic acids is 3. The number of hydrogen-bond acceptors (Lipinski definition) is 6. The van der Waals surface area contributed by atoms with Gasteiger partial charge in [0.1, 0.15) is 13.2 Å². The fourth-order valence-corrected chi connectivity index (χ4v) is 9.86. The number of carbonyl (C=O) groups is 3. The summed E-state index contributed by atoms with van der Waals surface area (Å²) in [5, 5.41) is 0. The maximum atomic E-state index is 12.9. The van der Waals surface area contributed by atoms with Gasteiger partial charge in [-0.2, -0.15) is 0 Å². The first kappa shape index (κ1) is 67.4. The van der Waals surface area contributed by atoms with Crippen molar-refractivity contribution in [3.63, 3.8) is 0 Å². The molecule has 6 heteroatoms. The summed E-state index contributed by atoms with van der Waals surface area (Å²) in [4.78, 5) is 38.1. The molecule has 6 nitrogen and oxygen atoms in total. The van der Waals surface area contributed by atoms with Crippen molar-refractivity contribution in [2.45, 2.75) is 374 Å². The van der Waals surface area contributed by atoms with Crippen LogP contribution in [0.4, 0.5) is 0 Å². The maximum Gasteiger partial charge on any atom is 0.306 e. The Kier molecular flexibility index (Phi) is 57.6. The monoisotopic (exact) mass is 975 g/mol. The minimum absolute atomic E-state index is 0.0613. The molecule has 0 aliphatic rings. The minimum atomic E-state index is -0.761. The molecule has 0 amide bonds. The Hall–Kier alpha value is -1.59. The van der Waals surface area contributed by atoms with Gasteiger partial charge in [-0.05, 0) is 19.3 Å². The zero-order chi connectivity index (χ0) is 50.0. The first-order valence-electron chi connectivity index (χ1n) is 31.5. The van der Waals surface area contributed by atoms with E-state index in [1.807, 2.05) is 0 Å². The van der Waals surface area contributed by atoms with Gasteiger partial charge in [0.05, 0.1) is 0 Å². The summed E-state index contributed by atoms with van der Waals surface area (Å²) in [6.45, 7) is 6.69. The molecule has 0 aliphatic carbocycles. The number of rotatable bonds is 59. The van der Waals surface area contributed by atoms with Gasteiger partial charge in [0.2, 0.25) is 0 Å². The van der Waals surface area contributed by atoms with E-state index in [2.05, 4.69) is 20.8 Å². The van der Waals surface area contributed by atoms with E-state index >= 15 is 0 Å². The third-order valence-electron chi connectivity index (χ3n) is 14.6. The van der Waals surface area contributed by atoms with Crippen molar-refractivity contribution in [2.75, 3.05) is 13.2 Å². The van der Waals surface area contributed by atoms with Gasteiger partial charge in [-0.25, -0.2) is 0 Å². The predicted octanol–water partition coefficient (Wildman–Crippen LogP) is 21.1. The van der Waals surface area contributed by atoms with Gasteiger partial charge < -0.3 is 14.2 Å². The molecule has 0 radical (unpaired) electrons. The van der Waals surface area contributed by atoms with E-state index in [1.165, 1.54) is 270 Å². The molecule has 0 saturated heterocycles. The SMILES string of the molecule is CCCCCCCCCCCCCCCCCCCCCCCCCC(=O)OCC(COC(=O)CCCCCCCCCC)OC(=O)CCCCCCCCCCCCCCCCCCCCCC. The van der Waals surface area contributed by atoms with Crippen molar-refractivity contribution in [1.29, 1.82) is 0 Å². The summed E-state index contributed by atoms with van der Waals surface area (Å²) in [6.07, 6.45) is 67.0. The minimum Gasteiger partial charge on any atom is -0.462 e. The largest absolute Gasteiger partial charge is 0.462 e. The van der Waals surface area contributed by atoms with Crippen LogP contribution in [0.5, 0.6) is 0 Å². The summed E-state index contributed by atoms with van der Waals surface area (Å²) in [5.41, 5.74) is 0. The van der Waals surface area contributed by atoms with Gasteiger partial charge in [-0.1, -0.05) is 329 Å². The highest BCUT2D eigenvalue weighted by Crippen LogP contribution is 2.18. The molecule has 1 atom stereocenters. The standard InChI is InChI=1S/C63H122O6/c1-4-7-10-13-16-19-21-23-25-27-29-31-32-33-35-36-38-40-42-44-47-50-53-56-62(65)68-59-60(58-67-61(64)55-52-49-46-18-15-12-9-6-3)69-63(66)57-54-51-48-45-43-41-39-37-34-30-28-26-24-22-20-17-14-11-8-5-2/h60H,4-59H2,1-3H3. The molecule has 0 aromatic heterocycles. The normalized spacial score (nSPS) is 11.9. The van der Waals surface area contributed by atoms with E-state index in [4.69, 9.17) is 14.2 Å². The molecule has 0 heterocycles. The van der Waals surface area contributed by atoms with Crippen molar-refractivity contribution in [3.8, 4) is 0 Å². The third kappa shape index (κ3) is 57.2. The van der Waals surface area contributed by atoms with Gasteiger partial charge in [-0.15, -0.1) is 0 Å². The van der Waals surface area contributed by atoms with Crippen molar-refractivity contribution in [1.82, 2.24) is 0 Å². The molecule has 0 N–H and O–H groups in total. The molecule has 0 aromatic carbocycles. The number of hydrogen-bond donors (Lipinski definition) is 0. The topological polar surface area (TPSA) is 78.9 Å². The average molecular weight is 976 g/mol. The Morgan fingerprint density at radius 3 is 0.580 bits per heavy atom. The second-order valence-corrected chi connectivity index (χ2v) is 21.7. The van der Waals surface area contributed by atoms with E-state index in [0.29, 0.717) is 19.3 Å². The molecule has 0 aromatic rings. The molecule has 0 aliphatic heterocycles. The molecule has 0 fully saturated rings. The summed E-state index contributed by atoms with van der Waals surface area (Å²) in [5.74, 6) is -0.834. The van der Waals surface area contributed by atoms with Crippen molar-refractivity contribution in [2.24, 2.45) is 0 Å². The van der Waals surface area contributed by atoms with Crippen LogP contribution in [0.25, 0.3) is 0 Å². The molecule has 410 valence electrons. The summed E-state index contributed by atoms with van der Waals surface area (Å²) < 4.78 is 16.9. The fourth-order valence-electron chi connectivity index (χ4n) is 9.86. The Labute approximate surface area is 431 Å². The molecule has 0 rings (SSSR count). The highest BCUT2D eigenvalue weighted by atomic mass is 16.6. The highest BCUT2D eigenvalue weighted by molar-refractivity contribution is 5.71. The maximum absolute atomic E-state index is 12.9. The van der Waals surface area contributed by atoms with Crippen LogP contribution in [0.3, 0.4) is 0 Å². The lowest BCUT2D eigenvalue weighted by Gasteiger charge is -2.18. The lowest BCUT2D eigenvalue weighted by atomic mass is 10.0. The van der Waals surface area contributed by atoms with Crippen LogP contribution in [0, 0.1) is 0 Å². The quantitative estimate of drug-likeness (QED) is 0.0343. The van der Waals surface area contributed by atoms with Crippen LogP contribution in [0.15, 0.2) is 0 Å². The first-order valence-corrected chi connectivity index (χ1v) is 31.5. The molecule has 0 bridgehead atoms. The molecule has 69 heavy (non-hydrogen) atoms. The lowest BCUT2D eigenvalue weighted by molar-refractivity contribution is -0.167. The van der Waals surface area contributed by atoms with Crippen LogP contribution in [0.2, 0.25) is 0 Å². The van der Waals surface area contributed by atoms with Gasteiger partial charge in [0.15, 0.2) is 6.10 Å². The fraction of sp³-hybridized carbons (Fsp3) is 0.952. The number of ether oxygens (including phenoxy) is 3. The van der Waals surface area contributed by atoms with Crippen molar-refractivity contribution >= 4 is 17.9 Å². The van der Waals surface area contributed by atoms with Crippen molar-refractivity contribution in [3.05, 3.63) is 0 Å². The average Bonchev–Trinajstić information content (AvgIpc) is 3.35. The Balaban J connectivity index is 4.10. The van der Waals surface area contributed by atoms with E-state index in [9.17, 15) is 14.4 Å². The second-order valence-electron chi connectivity index (χ2n) is 21.7. The van der Waals surface area contributed by atoms with E-state index < -0.39 is 6.10 Å². The van der Waals surface area contributed by atoms with E-state index in [0.717, 1.165) is 57.8 Å². The van der Waals surface area contributed by atoms with Crippen LogP contribution in [-0.4, -0.2) is 37.2 Å². The Morgan fingerprint density at radius 1 is 0.232 bits per heavy atom. The van der Waals surface area contributed by atoms with Crippen LogP contribution in [0.1, 0.15) is 367 Å². The van der Waals surface area contributed by atoms with Crippen LogP contribution < -0.4 is 0 Å². The summed E-state index contributed by atoms with van der Waals surface area (Å²) in [6, 6.07) is 0. The Bertz CT molecular complexity index is 1030. The molecular formula is C63H122O6. The highest BCUT2D eigenvalue weighted by Gasteiger charge is 2.19. The van der Waals surface area contributed by atoms with Gasteiger partial charge in [-0.3, -0.25) is 14.4 Å². The molecule has 1 unspecified atom stereocenters. The number of unbranched alkanes of at least 4 members (excludes halogenated alkanes) is 48. The van der Waals surface area contributed by atoms with E-state index in [-0.39, 0.29) is 31.1 Å². The van der Waals surface area contributed by atoms with Crippen LogP contribution >= 0.6 is 0 Å². The Morgan fingerprint density at radius 2 is 0.391 bits per heavy atom. The van der Waals surface area contributed by atoms with Gasteiger partial charge in [0.25, 0.3) is 0 Å². The van der Waals surface area contributed by atoms with Gasteiger partial charge >= 0.3 is 17.9 Å². The van der Waals surface area contributed by atoms with E-state index in [1.54, 1.807) is 0 Å². The summed E-state index contributed by atoms with van der Waals surface area (Å²) >= 11 is 0. The zero-order valence-corrected chi connectivity index (χ0v) is 47.1. The first-order chi connectivity index (χ1) is 34.0. The molecular weight excluding hydrogens is 853 g/mol. The molecule has 0 spiro atoms. The third-order valence-corrected chi connectivity index (χ3v) is 14.6. The van der Waals surface area contributed by atoms with Gasteiger partial charge in [0, 0.05) is 19.3 Å². The summed E-state index contributed by atoms with van der Waals surface area (Å²) in [7, 11) is 0. The number of esters is 3. The smallest absolute Gasteiger partial charge is 0.306 e. The predicted molar refractivity (Wildman–Crippen MR) is 298 cm³/mol. The second kappa shape index (κ2) is 59.0. The van der Waals surface area contributed by atoms with Crippen LogP contribution in [-0.2, 0) is 28.6 Å². The zero-order valence-electron chi connectivity index (χ0n) is 47.1. The lowest BCUT2D eigenvalue weighted by Crippen LogP contribution is -2.30. The molecule has 0 saturated carbocycles.